The third-order valence-electron chi connectivity index (χ3n) is 5.02. The molecule has 0 radical (unpaired) electrons. The zero-order chi connectivity index (χ0) is 20.4. The molecule has 4 N–H and O–H groups in total. The van der Waals surface area contributed by atoms with E-state index in [4.69, 9.17) is 4.74 Å². The molecule has 0 aliphatic carbocycles. The molecule has 1 aliphatic heterocycles. The highest BCUT2D eigenvalue weighted by Crippen LogP contribution is 2.32. The molecule has 3 heterocycles. The van der Waals surface area contributed by atoms with Crippen LogP contribution in [0.15, 0.2) is 43.0 Å². The summed E-state index contributed by atoms with van der Waals surface area (Å²) in [7, 11) is 0. The Morgan fingerprint density at radius 2 is 1.83 bits per heavy atom. The van der Waals surface area contributed by atoms with Gasteiger partial charge in [0, 0.05) is 13.1 Å². The maximum atomic E-state index is 10.3. The quantitative estimate of drug-likeness (QED) is 0.410. The Bertz CT molecular complexity index is 953. The summed E-state index contributed by atoms with van der Waals surface area (Å²) in [4.78, 5) is 14.9. The van der Waals surface area contributed by atoms with Gasteiger partial charge in [-0.05, 0) is 5.56 Å². The lowest BCUT2D eigenvalue weighted by Crippen LogP contribution is -2.33. The van der Waals surface area contributed by atoms with Crippen LogP contribution in [-0.2, 0) is 11.3 Å². The number of aromatic nitrogens is 4. The molecule has 0 spiro atoms. The van der Waals surface area contributed by atoms with Crippen molar-refractivity contribution in [3.63, 3.8) is 0 Å². The van der Waals surface area contributed by atoms with E-state index in [-0.39, 0.29) is 6.61 Å². The maximum Gasteiger partial charge on any atom is 0.167 e. The molecule has 0 saturated carbocycles. The van der Waals surface area contributed by atoms with Crippen LogP contribution in [0.3, 0.4) is 0 Å². The number of aliphatic hydroxyl groups excluding tert-OH is 4. The van der Waals surface area contributed by atoms with Crippen molar-refractivity contribution in [2.24, 2.45) is 0 Å². The number of hydrogen-bond donors (Lipinski definition) is 4. The fourth-order valence-electron chi connectivity index (χ4n) is 3.55. The highest BCUT2D eigenvalue weighted by Gasteiger charge is 2.44. The van der Waals surface area contributed by atoms with Crippen LogP contribution in [0.4, 0.5) is 5.82 Å². The number of benzene rings is 1. The van der Waals surface area contributed by atoms with E-state index in [0.29, 0.717) is 30.1 Å². The molecule has 1 aromatic carbocycles. The fraction of sp³-hybridized carbons (Fsp3) is 0.421. The summed E-state index contributed by atoms with van der Waals surface area (Å²) in [6, 6.07) is 9.79. The Labute approximate surface area is 166 Å². The predicted molar refractivity (Wildman–Crippen MR) is 103 cm³/mol. The number of nitrogens with zero attached hydrogens (tertiary/aromatic N) is 5. The van der Waals surface area contributed by atoms with Gasteiger partial charge in [0.2, 0.25) is 0 Å². The van der Waals surface area contributed by atoms with Crippen molar-refractivity contribution in [1.29, 1.82) is 0 Å². The van der Waals surface area contributed by atoms with Crippen LogP contribution in [0.5, 0.6) is 0 Å². The molecule has 10 nitrogen and oxygen atoms in total. The minimum atomic E-state index is -1.24. The zero-order valence-electron chi connectivity index (χ0n) is 15.6. The van der Waals surface area contributed by atoms with Gasteiger partial charge >= 0.3 is 0 Å². The number of aliphatic hydroxyl groups is 4. The first-order valence-corrected chi connectivity index (χ1v) is 9.33. The molecular weight excluding hydrogens is 378 g/mol. The molecular formula is C19H23N5O5. The summed E-state index contributed by atoms with van der Waals surface area (Å²) in [6.07, 6.45) is -1.43. The average Bonchev–Trinajstić information content (AvgIpc) is 3.29. The molecule has 10 heteroatoms. The van der Waals surface area contributed by atoms with Crippen molar-refractivity contribution >= 4 is 17.0 Å². The van der Waals surface area contributed by atoms with Crippen molar-refractivity contribution in [2.75, 3.05) is 24.7 Å². The normalized spacial score (nSPS) is 24.3. The molecule has 29 heavy (non-hydrogen) atoms. The second-order valence-electron chi connectivity index (χ2n) is 6.88. The van der Waals surface area contributed by atoms with E-state index in [1.807, 2.05) is 35.2 Å². The third-order valence-corrected chi connectivity index (χ3v) is 5.02. The number of anilines is 1. The molecule has 1 aliphatic rings. The minimum Gasteiger partial charge on any atom is -0.395 e. The van der Waals surface area contributed by atoms with E-state index in [2.05, 4.69) is 15.0 Å². The van der Waals surface area contributed by atoms with Crippen molar-refractivity contribution in [1.82, 2.24) is 19.5 Å². The first-order valence-electron chi connectivity index (χ1n) is 9.33. The van der Waals surface area contributed by atoms with Gasteiger partial charge in [-0.15, -0.1) is 0 Å². The van der Waals surface area contributed by atoms with Gasteiger partial charge in [-0.3, -0.25) is 4.57 Å². The Morgan fingerprint density at radius 3 is 2.52 bits per heavy atom. The Kier molecular flexibility index (Phi) is 5.69. The average molecular weight is 401 g/mol. The number of ether oxygens (including phenoxy) is 1. The second-order valence-corrected chi connectivity index (χ2v) is 6.88. The number of hydrogen-bond acceptors (Lipinski definition) is 9. The summed E-state index contributed by atoms with van der Waals surface area (Å²) in [6.45, 7) is 0.396. The standard InChI is InChI=1S/C19H23N5O5/c25-7-6-23(8-12-4-2-1-3-5-12)17-14-18(21-10-20-17)24(11-22-14)19-16(28)15(27)13(9-26)29-19/h1-5,10-11,13,15-16,19,25-28H,6-9H2. The van der Waals surface area contributed by atoms with Crippen molar-refractivity contribution < 1.29 is 25.2 Å². The van der Waals surface area contributed by atoms with Crippen molar-refractivity contribution in [2.45, 2.75) is 31.1 Å². The van der Waals surface area contributed by atoms with E-state index in [0.717, 1.165) is 5.56 Å². The first kappa shape index (κ1) is 19.7. The summed E-state index contributed by atoms with van der Waals surface area (Å²) in [5, 5.41) is 39.2. The van der Waals surface area contributed by atoms with Crippen LogP contribution in [0.2, 0.25) is 0 Å². The third kappa shape index (κ3) is 3.68. The molecule has 3 aromatic rings. The van der Waals surface area contributed by atoms with Crippen LogP contribution >= 0.6 is 0 Å². The van der Waals surface area contributed by atoms with Crippen LogP contribution < -0.4 is 4.90 Å². The van der Waals surface area contributed by atoms with E-state index < -0.39 is 31.1 Å². The van der Waals surface area contributed by atoms with Gasteiger partial charge in [-0.25, -0.2) is 15.0 Å². The van der Waals surface area contributed by atoms with Gasteiger partial charge in [-0.1, -0.05) is 30.3 Å². The molecule has 1 saturated heterocycles. The SMILES string of the molecule is OCCN(Cc1ccccc1)c1ncnc2c1ncn2C1OC(CO)C(O)C1O. The number of rotatable bonds is 7. The molecule has 1 fully saturated rings. The summed E-state index contributed by atoms with van der Waals surface area (Å²) >= 11 is 0. The van der Waals surface area contributed by atoms with Gasteiger partial charge < -0.3 is 30.1 Å². The minimum absolute atomic E-state index is 0.0616. The second kappa shape index (κ2) is 8.39. The Morgan fingerprint density at radius 1 is 1.03 bits per heavy atom. The number of fused-ring (bicyclic) bond motifs is 1. The molecule has 2 aromatic heterocycles. The van der Waals surface area contributed by atoms with Gasteiger partial charge in [0.1, 0.15) is 24.6 Å². The fourth-order valence-corrected chi connectivity index (χ4v) is 3.55. The Balaban J connectivity index is 1.69. The topological polar surface area (TPSA) is 137 Å². The summed E-state index contributed by atoms with van der Waals surface area (Å²) in [5.74, 6) is 0.540. The highest BCUT2D eigenvalue weighted by atomic mass is 16.6. The van der Waals surface area contributed by atoms with Gasteiger partial charge in [0.15, 0.2) is 23.2 Å². The van der Waals surface area contributed by atoms with Crippen molar-refractivity contribution in [3.8, 4) is 0 Å². The maximum absolute atomic E-state index is 10.3. The van der Waals surface area contributed by atoms with Crippen LogP contribution in [-0.4, -0.2) is 78.0 Å². The number of imidazole rings is 1. The van der Waals surface area contributed by atoms with E-state index in [1.54, 1.807) is 0 Å². The molecule has 4 atom stereocenters. The molecule has 4 rings (SSSR count). The Hall–Kier alpha value is -2.63. The molecule has 0 bridgehead atoms. The largest absolute Gasteiger partial charge is 0.395 e. The predicted octanol–water partition coefficient (Wildman–Crippen LogP) is -0.563. The van der Waals surface area contributed by atoms with E-state index in [1.165, 1.54) is 17.2 Å². The van der Waals surface area contributed by atoms with Crippen LogP contribution in [0.25, 0.3) is 11.2 Å². The summed E-state index contributed by atoms with van der Waals surface area (Å²) < 4.78 is 7.11. The zero-order valence-corrected chi connectivity index (χ0v) is 15.6. The van der Waals surface area contributed by atoms with Crippen LogP contribution in [0, 0.1) is 0 Å². The lowest BCUT2D eigenvalue weighted by atomic mass is 10.1. The van der Waals surface area contributed by atoms with Gasteiger partial charge in [0.05, 0.1) is 19.5 Å². The molecule has 4 unspecified atom stereocenters. The highest BCUT2D eigenvalue weighted by molar-refractivity contribution is 5.83. The smallest absolute Gasteiger partial charge is 0.167 e. The monoisotopic (exact) mass is 401 g/mol. The molecule has 154 valence electrons. The lowest BCUT2D eigenvalue weighted by molar-refractivity contribution is -0.0511. The van der Waals surface area contributed by atoms with Crippen LogP contribution in [0.1, 0.15) is 11.8 Å². The molecule has 0 amide bonds. The van der Waals surface area contributed by atoms with Crippen molar-refractivity contribution in [3.05, 3.63) is 48.5 Å². The lowest BCUT2D eigenvalue weighted by Gasteiger charge is -2.23. The summed E-state index contributed by atoms with van der Waals surface area (Å²) in [5.41, 5.74) is 1.95. The first-order chi connectivity index (χ1) is 14.1. The van der Waals surface area contributed by atoms with E-state index >= 15 is 0 Å². The van der Waals surface area contributed by atoms with Gasteiger partial charge in [0.25, 0.3) is 0 Å². The van der Waals surface area contributed by atoms with E-state index in [9.17, 15) is 20.4 Å². The van der Waals surface area contributed by atoms with Gasteiger partial charge in [-0.2, -0.15) is 0 Å².